The summed E-state index contributed by atoms with van der Waals surface area (Å²) in [6.07, 6.45) is 0. The van der Waals surface area contributed by atoms with Crippen molar-refractivity contribution >= 4 is 41.4 Å². The lowest BCUT2D eigenvalue weighted by atomic mass is 10.1. The first-order valence-electron chi connectivity index (χ1n) is 3.60. The highest BCUT2D eigenvalue weighted by Crippen LogP contribution is 2.17. The van der Waals surface area contributed by atoms with Gasteiger partial charge in [-0.2, -0.15) is 0 Å². The van der Waals surface area contributed by atoms with E-state index in [1.54, 1.807) is 18.2 Å². The van der Waals surface area contributed by atoms with Crippen LogP contribution in [0, 0.1) is 0 Å². The summed E-state index contributed by atoms with van der Waals surface area (Å²) in [5.74, 6) is -1.20. The molecule has 14 heavy (non-hydrogen) atoms. The van der Waals surface area contributed by atoms with Crippen molar-refractivity contribution in [3.63, 3.8) is 0 Å². The van der Waals surface area contributed by atoms with E-state index in [1.165, 1.54) is 6.07 Å². The van der Waals surface area contributed by atoms with Crippen molar-refractivity contribution in [2.24, 2.45) is 0 Å². The van der Waals surface area contributed by atoms with E-state index in [-0.39, 0.29) is 0 Å². The molecule has 0 spiro atoms. The Hall–Kier alpha value is -0.390. The minimum atomic E-state index is -3.79. The summed E-state index contributed by atoms with van der Waals surface area (Å²) in [5.41, 5.74) is 0.316. The number of rotatable bonds is 3. The number of ketones is 1. The predicted molar refractivity (Wildman–Crippen MR) is 58.1 cm³/mol. The van der Waals surface area contributed by atoms with Crippen molar-refractivity contribution in [1.29, 1.82) is 0 Å². The van der Waals surface area contributed by atoms with E-state index < -0.39 is 20.6 Å². The lowest BCUT2D eigenvalue weighted by Gasteiger charge is -2.00. The zero-order valence-electron chi connectivity index (χ0n) is 6.91. The van der Waals surface area contributed by atoms with Gasteiger partial charge in [0.25, 0.3) is 0 Å². The molecule has 0 aromatic heterocycles. The number of hydrogen-bond donors (Lipinski definition) is 0. The molecule has 0 fully saturated rings. The van der Waals surface area contributed by atoms with E-state index in [0.717, 1.165) is 0 Å². The third-order valence-corrected chi connectivity index (χ3v) is 3.10. The molecule has 0 N–H and O–H groups in total. The Kier molecular flexibility index (Phi) is 3.69. The second-order valence-electron chi connectivity index (χ2n) is 2.59. The molecular weight excluding hydrogens is 292 g/mol. The first kappa shape index (κ1) is 11.7. The Morgan fingerprint density at radius 1 is 1.36 bits per heavy atom. The van der Waals surface area contributed by atoms with Crippen LogP contribution in [0.5, 0.6) is 0 Å². The standard InChI is InChI=1S/C8H6BrClO3S/c9-7-4-2-1-3-6(7)8(11)5-14(10,12)13/h1-4H,5H2. The smallest absolute Gasteiger partial charge is 0.240 e. The fourth-order valence-electron chi connectivity index (χ4n) is 0.922. The Labute approximate surface area is 94.6 Å². The summed E-state index contributed by atoms with van der Waals surface area (Å²) >= 11 is 3.15. The number of hydrogen-bond acceptors (Lipinski definition) is 3. The Balaban J connectivity index is 2.97. The molecule has 0 aliphatic carbocycles. The van der Waals surface area contributed by atoms with Gasteiger partial charge in [-0.1, -0.05) is 34.1 Å². The normalized spacial score (nSPS) is 11.3. The van der Waals surface area contributed by atoms with E-state index in [9.17, 15) is 13.2 Å². The quantitative estimate of drug-likeness (QED) is 0.635. The topological polar surface area (TPSA) is 51.2 Å². The van der Waals surface area contributed by atoms with E-state index >= 15 is 0 Å². The van der Waals surface area contributed by atoms with Gasteiger partial charge in [0.15, 0.2) is 5.78 Å². The molecule has 1 aromatic carbocycles. The summed E-state index contributed by atoms with van der Waals surface area (Å²) in [6.45, 7) is 0. The van der Waals surface area contributed by atoms with Gasteiger partial charge in [0.2, 0.25) is 9.05 Å². The first-order chi connectivity index (χ1) is 6.40. The van der Waals surface area contributed by atoms with Crippen LogP contribution in [0.2, 0.25) is 0 Å². The molecule has 0 saturated carbocycles. The summed E-state index contributed by atoms with van der Waals surface area (Å²) in [7, 11) is 1.18. The largest absolute Gasteiger partial charge is 0.293 e. The average Bonchev–Trinajstić information content (AvgIpc) is 2.01. The SMILES string of the molecule is O=C(CS(=O)(=O)Cl)c1ccccc1Br. The first-order valence-corrected chi connectivity index (χ1v) is 6.87. The third kappa shape index (κ3) is 3.40. The predicted octanol–water partition coefficient (Wildman–Crippen LogP) is 2.20. The van der Waals surface area contributed by atoms with Crippen LogP contribution < -0.4 is 0 Å². The van der Waals surface area contributed by atoms with Crippen LogP contribution in [0.4, 0.5) is 0 Å². The molecule has 0 saturated heterocycles. The van der Waals surface area contributed by atoms with Crippen LogP contribution in [0.1, 0.15) is 10.4 Å². The molecule has 0 amide bonds. The fraction of sp³-hybridized carbons (Fsp3) is 0.125. The Morgan fingerprint density at radius 2 is 1.93 bits per heavy atom. The molecule has 1 rings (SSSR count). The maximum Gasteiger partial charge on any atom is 0.240 e. The summed E-state index contributed by atoms with van der Waals surface area (Å²) in [4.78, 5) is 11.4. The molecule has 0 bridgehead atoms. The minimum absolute atomic E-state index is 0.316. The molecule has 6 heteroatoms. The van der Waals surface area contributed by atoms with E-state index in [1.807, 2.05) is 0 Å². The molecule has 0 aliphatic rings. The van der Waals surface area contributed by atoms with Crippen molar-refractivity contribution in [2.45, 2.75) is 0 Å². The highest BCUT2D eigenvalue weighted by atomic mass is 79.9. The molecular formula is C8H6BrClO3S. The molecule has 0 radical (unpaired) electrons. The van der Waals surface area contributed by atoms with Gasteiger partial charge < -0.3 is 0 Å². The van der Waals surface area contributed by atoms with Crippen molar-refractivity contribution in [3.05, 3.63) is 34.3 Å². The molecule has 1 aromatic rings. The van der Waals surface area contributed by atoms with Gasteiger partial charge >= 0.3 is 0 Å². The van der Waals surface area contributed by atoms with Crippen molar-refractivity contribution < 1.29 is 13.2 Å². The molecule has 76 valence electrons. The summed E-state index contributed by atoms with van der Waals surface area (Å²) in [6, 6.07) is 6.58. The van der Waals surface area contributed by atoms with Crippen LogP contribution in [0.3, 0.4) is 0 Å². The van der Waals surface area contributed by atoms with E-state index in [4.69, 9.17) is 10.7 Å². The van der Waals surface area contributed by atoms with Gasteiger partial charge in [-0.05, 0) is 6.07 Å². The highest BCUT2D eigenvalue weighted by Gasteiger charge is 2.16. The lowest BCUT2D eigenvalue weighted by molar-refractivity contribution is 0.102. The maximum absolute atomic E-state index is 11.4. The van der Waals surface area contributed by atoms with Crippen molar-refractivity contribution in [1.82, 2.24) is 0 Å². The van der Waals surface area contributed by atoms with Crippen LogP contribution >= 0.6 is 26.6 Å². The second-order valence-corrected chi connectivity index (χ2v) is 6.22. The lowest BCUT2D eigenvalue weighted by Crippen LogP contribution is -2.11. The number of benzene rings is 1. The van der Waals surface area contributed by atoms with Crippen LogP contribution in [-0.4, -0.2) is 20.0 Å². The highest BCUT2D eigenvalue weighted by molar-refractivity contribution is 9.10. The van der Waals surface area contributed by atoms with Crippen LogP contribution in [-0.2, 0) is 9.05 Å². The molecule has 0 atom stereocenters. The van der Waals surface area contributed by atoms with Crippen LogP contribution in [0.15, 0.2) is 28.7 Å². The second kappa shape index (κ2) is 4.42. The van der Waals surface area contributed by atoms with Gasteiger partial charge in [-0.3, -0.25) is 4.79 Å². The maximum atomic E-state index is 11.4. The van der Waals surface area contributed by atoms with Gasteiger partial charge in [0, 0.05) is 20.7 Å². The van der Waals surface area contributed by atoms with E-state index in [2.05, 4.69) is 15.9 Å². The van der Waals surface area contributed by atoms with Gasteiger partial charge in [-0.25, -0.2) is 8.42 Å². The van der Waals surface area contributed by atoms with Crippen LogP contribution in [0.25, 0.3) is 0 Å². The monoisotopic (exact) mass is 296 g/mol. The summed E-state index contributed by atoms with van der Waals surface area (Å²) < 4.78 is 21.9. The Morgan fingerprint density at radius 3 is 2.43 bits per heavy atom. The van der Waals surface area contributed by atoms with E-state index in [0.29, 0.717) is 10.0 Å². The van der Waals surface area contributed by atoms with Crippen molar-refractivity contribution in [2.75, 3.05) is 5.75 Å². The number of carbonyl (C=O) groups is 1. The van der Waals surface area contributed by atoms with Gasteiger partial charge in [0.1, 0.15) is 5.75 Å². The molecule has 0 heterocycles. The zero-order valence-corrected chi connectivity index (χ0v) is 10.1. The number of carbonyl (C=O) groups excluding carboxylic acids is 1. The number of halogens is 2. The summed E-state index contributed by atoms with van der Waals surface area (Å²) in [5, 5.41) is 0. The average molecular weight is 298 g/mol. The zero-order chi connectivity index (χ0) is 10.8. The third-order valence-electron chi connectivity index (χ3n) is 1.48. The molecule has 3 nitrogen and oxygen atoms in total. The molecule has 0 aliphatic heterocycles. The van der Waals surface area contributed by atoms with Crippen molar-refractivity contribution in [3.8, 4) is 0 Å². The Bertz CT molecular complexity index is 455. The minimum Gasteiger partial charge on any atom is -0.293 e. The number of Topliss-reactive ketones (excluding diaryl/α,β-unsaturated/α-hetero) is 1. The fourth-order valence-corrected chi connectivity index (χ4v) is 2.19. The molecule has 0 unspecified atom stereocenters. The van der Waals surface area contributed by atoms with Gasteiger partial charge in [0.05, 0.1) is 0 Å². The van der Waals surface area contributed by atoms with Gasteiger partial charge in [-0.15, -0.1) is 0 Å².